The fourth-order valence-corrected chi connectivity index (χ4v) is 2.24. The first-order valence-corrected chi connectivity index (χ1v) is 6.50. The topological polar surface area (TPSA) is 35.9 Å². The number of rotatable bonds is 5. The summed E-state index contributed by atoms with van der Waals surface area (Å²) in [5.74, 6) is 0. The van der Waals surface area contributed by atoms with Crippen LogP contribution in [0.2, 0.25) is 0 Å². The first-order chi connectivity index (χ1) is 8.75. The van der Waals surface area contributed by atoms with Gasteiger partial charge in [-0.25, -0.2) is 0 Å². The van der Waals surface area contributed by atoms with Crippen molar-refractivity contribution < 1.29 is 9.84 Å². The molecule has 18 heavy (non-hydrogen) atoms. The van der Waals surface area contributed by atoms with E-state index in [1.807, 2.05) is 25.2 Å². The van der Waals surface area contributed by atoms with E-state index >= 15 is 0 Å². The van der Waals surface area contributed by atoms with Crippen molar-refractivity contribution in [1.82, 2.24) is 4.90 Å². The third-order valence-corrected chi connectivity index (χ3v) is 3.25. The Hall–Kier alpha value is -1.10. The van der Waals surface area contributed by atoms with Gasteiger partial charge in [0.1, 0.15) is 0 Å². The van der Waals surface area contributed by atoms with Gasteiger partial charge in [-0.1, -0.05) is 18.2 Å². The molecule has 0 radical (unpaired) electrons. The van der Waals surface area contributed by atoms with Crippen molar-refractivity contribution in [3.05, 3.63) is 30.3 Å². The number of para-hydroxylation sites is 1. The van der Waals surface area contributed by atoms with Crippen LogP contribution in [0.15, 0.2) is 30.3 Å². The van der Waals surface area contributed by atoms with Gasteiger partial charge in [0.15, 0.2) is 0 Å². The molecule has 1 aromatic rings. The Kier molecular flexibility index (Phi) is 4.99. The van der Waals surface area contributed by atoms with Gasteiger partial charge >= 0.3 is 0 Å². The number of hydrogen-bond acceptors (Lipinski definition) is 4. The number of anilines is 1. The van der Waals surface area contributed by atoms with Gasteiger partial charge in [0.05, 0.1) is 19.3 Å². The largest absolute Gasteiger partial charge is 0.390 e. The molecule has 1 fully saturated rings. The van der Waals surface area contributed by atoms with Crippen molar-refractivity contribution in [2.45, 2.75) is 6.10 Å². The molecule has 1 atom stereocenters. The molecule has 0 spiro atoms. The Morgan fingerprint density at radius 1 is 1.28 bits per heavy atom. The maximum Gasteiger partial charge on any atom is 0.0841 e. The molecule has 1 saturated heterocycles. The van der Waals surface area contributed by atoms with E-state index < -0.39 is 0 Å². The number of morpholine rings is 1. The Labute approximate surface area is 109 Å². The number of benzene rings is 1. The van der Waals surface area contributed by atoms with Crippen LogP contribution in [0.1, 0.15) is 0 Å². The smallest absolute Gasteiger partial charge is 0.0841 e. The number of ether oxygens (including phenoxy) is 1. The summed E-state index contributed by atoms with van der Waals surface area (Å²) in [5.41, 5.74) is 1.14. The molecule has 1 aliphatic rings. The lowest BCUT2D eigenvalue weighted by molar-refractivity contribution is 0.0162. The highest BCUT2D eigenvalue weighted by molar-refractivity contribution is 5.45. The number of β-amino-alcohol motifs (C(OH)–C–C–N with tert-alkyl or cyclic N) is 1. The number of aliphatic hydroxyl groups is 1. The average Bonchev–Trinajstić information content (AvgIpc) is 2.40. The molecule has 1 aromatic carbocycles. The maximum atomic E-state index is 10.1. The Morgan fingerprint density at radius 3 is 2.61 bits per heavy atom. The minimum atomic E-state index is -0.326. The molecule has 1 N–H and O–H groups in total. The highest BCUT2D eigenvalue weighted by Gasteiger charge is 2.16. The summed E-state index contributed by atoms with van der Waals surface area (Å²) in [6.07, 6.45) is -0.326. The second-order valence-corrected chi connectivity index (χ2v) is 4.78. The summed E-state index contributed by atoms with van der Waals surface area (Å²) in [4.78, 5) is 4.35. The zero-order chi connectivity index (χ0) is 12.8. The maximum absolute atomic E-state index is 10.1. The van der Waals surface area contributed by atoms with E-state index in [4.69, 9.17) is 4.74 Å². The van der Waals surface area contributed by atoms with Gasteiger partial charge in [0, 0.05) is 38.9 Å². The van der Waals surface area contributed by atoms with Gasteiger partial charge in [0.2, 0.25) is 0 Å². The van der Waals surface area contributed by atoms with Gasteiger partial charge in [0.25, 0.3) is 0 Å². The number of hydrogen-bond donors (Lipinski definition) is 1. The molecule has 4 nitrogen and oxygen atoms in total. The molecular weight excluding hydrogens is 228 g/mol. The van der Waals surface area contributed by atoms with E-state index in [0.717, 1.165) is 38.5 Å². The zero-order valence-corrected chi connectivity index (χ0v) is 11.0. The van der Waals surface area contributed by atoms with Gasteiger partial charge in [-0.05, 0) is 12.1 Å². The predicted octanol–water partition coefficient (Wildman–Crippen LogP) is 0.816. The molecule has 0 aliphatic carbocycles. The Bertz CT molecular complexity index is 339. The summed E-state index contributed by atoms with van der Waals surface area (Å²) in [5, 5.41) is 10.1. The van der Waals surface area contributed by atoms with Crippen molar-refractivity contribution in [2.24, 2.45) is 0 Å². The highest BCUT2D eigenvalue weighted by Crippen LogP contribution is 2.11. The van der Waals surface area contributed by atoms with Crippen LogP contribution in [0.4, 0.5) is 5.69 Å². The van der Waals surface area contributed by atoms with E-state index in [9.17, 15) is 5.11 Å². The molecule has 1 aliphatic heterocycles. The second-order valence-electron chi connectivity index (χ2n) is 4.78. The fraction of sp³-hybridized carbons (Fsp3) is 0.571. The third-order valence-electron chi connectivity index (χ3n) is 3.25. The van der Waals surface area contributed by atoms with Crippen LogP contribution >= 0.6 is 0 Å². The highest BCUT2D eigenvalue weighted by atomic mass is 16.5. The van der Waals surface area contributed by atoms with E-state index in [1.165, 1.54) is 0 Å². The summed E-state index contributed by atoms with van der Waals surface area (Å²) in [7, 11) is 2.01. The van der Waals surface area contributed by atoms with Crippen LogP contribution in [0.3, 0.4) is 0 Å². The standard InChI is InChI=1S/C14H22N2O2/c1-15(13-5-3-2-4-6-13)11-14(17)12-16-7-9-18-10-8-16/h2-6,14,17H,7-12H2,1H3. The quantitative estimate of drug-likeness (QED) is 0.839. The van der Waals surface area contributed by atoms with E-state index in [-0.39, 0.29) is 6.10 Å². The molecular formula is C14H22N2O2. The first kappa shape index (κ1) is 13.3. The Balaban J connectivity index is 1.78. The number of likely N-dealkylation sites (N-methyl/N-ethyl adjacent to an activating group) is 1. The summed E-state index contributed by atoms with van der Waals surface area (Å²) in [6.45, 7) is 4.78. The molecule has 0 bridgehead atoms. The molecule has 2 rings (SSSR count). The SMILES string of the molecule is CN(CC(O)CN1CCOCC1)c1ccccc1. The summed E-state index contributed by atoms with van der Waals surface area (Å²) in [6, 6.07) is 10.1. The minimum absolute atomic E-state index is 0.326. The fourth-order valence-electron chi connectivity index (χ4n) is 2.24. The number of aliphatic hydroxyl groups excluding tert-OH is 1. The van der Waals surface area contributed by atoms with Crippen molar-refractivity contribution in [2.75, 3.05) is 51.3 Å². The second kappa shape index (κ2) is 6.73. The van der Waals surface area contributed by atoms with Crippen molar-refractivity contribution in [3.8, 4) is 0 Å². The van der Waals surface area contributed by atoms with Crippen molar-refractivity contribution >= 4 is 5.69 Å². The van der Waals surface area contributed by atoms with Crippen molar-refractivity contribution in [3.63, 3.8) is 0 Å². The van der Waals surface area contributed by atoms with Gasteiger partial charge in [-0.2, -0.15) is 0 Å². The predicted molar refractivity (Wildman–Crippen MR) is 73.0 cm³/mol. The molecule has 0 aromatic heterocycles. The van der Waals surface area contributed by atoms with Gasteiger partial charge in [-0.3, -0.25) is 4.90 Å². The summed E-state index contributed by atoms with van der Waals surface area (Å²) >= 11 is 0. The monoisotopic (exact) mass is 250 g/mol. The first-order valence-electron chi connectivity index (χ1n) is 6.50. The normalized spacial score (nSPS) is 18.6. The summed E-state index contributed by atoms with van der Waals surface area (Å²) < 4.78 is 5.30. The third kappa shape index (κ3) is 3.98. The molecule has 1 heterocycles. The van der Waals surface area contributed by atoms with Crippen molar-refractivity contribution in [1.29, 1.82) is 0 Å². The number of nitrogens with zero attached hydrogens (tertiary/aromatic N) is 2. The van der Waals surface area contributed by atoms with Crippen LogP contribution in [0.25, 0.3) is 0 Å². The minimum Gasteiger partial charge on any atom is -0.390 e. The average molecular weight is 250 g/mol. The van der Waals surface area contributed by atoms with E-state index in [2.05, 4.69) is 21.9 Å². The van der Waals surface area contributed by atoms with Crippen LogP contribution in [0.5, 0.6) is 0 Å². The van der Waals surface area contributed by atoms with Gasteiger partial charge in [-0.15, -0.1) is 0 Å². The van der Waals surface area contributed by atoms with Crippen LogP contribution in [0, 0.1) is 0 Å². The molecule has 0 amide bonds. The molecule has 0 saturated carbocycles. The van der Waals surface area contributed by atoms with E-state index in [1.54, 1.807) is 0 Å². The lowest BCUT2D eigenvalue weighted by atomic mass is 10.2. The molecule has 4 heteroatoms. The van der Waals surface area contributed by atoms with E-state index in [0.29, 0.717) is 6.54 Å². The van der Waals surface area contributed by atoms with Crippen LogP contribution in [-0.2, 0) is 4.74 Å². The zero-order valence-electron chi connectivity index (χ0n) is 11.0. The molecule has 100 valence electrons. The lowest BCUT2D eigenvalue weighted by Crippen LogP contribution is -2.44. The lowest BCUT2D eigenvalue weighted by Gasteiger charge is -2.30. The molecule has 1 unspecified atom stereocenters. The van der Waals surface area contributed by atoms with Gasteiger partial charge < -0.3 is 14.7 Å². The van der Waals surface area contributed by atoms with Crippen LogP contribution in [-0.4, -0.2) is 62.6 Å². The van der Waals surface area contributed by atoms with Crippen LogP contribution < -0.4 is 4.90 Å². The Morgan fingerprint density at radius 2 is 1.94 bits per heavy atom.